The lowest BCUT2D eigenvalue weighted by Crippen LogP contribution is -2.01. The molecule has 0 saturated carbocycles. The van der Waals surface area contributed by atoms with Crippen molar-refractivity contribution < 1.29 is 4.74 Å². The van der Waals surface area contributed by atoms with E-state index < -0.39 is 0 Å². The van der Waals surface area contributed by atoms with Crippen molar-refractivity contribution in [2.24, 2.45) is 5.73 Å². The fraction of sp³-hybridized carbons (Fsp3) is 0.214. The number of hydrogen-bond donors (Lipinski definition) is 1. The number of imidazole rings is 1. The second-order valence-electron chi connectivity index (χ2n) is 4.47. The first-order valence-corrected chi connectivity index (χ1v) is 6.96. The van der Waals surface area contributed by atoms with Crippen molar-refractivity contribution in [3.05, 3.63) is 46.6 Å². The van der Waals surface area contributed by atoms with Crippen molar-refractivity contribution in [3.63, 3.8) is 0 Å². The fourth-order valence-electron chi connectivity index (χ4n) is 1.97. The van der Waals surface area contributed by atoms with Gasteiger partial charge in [-0.05, 0) is 37.1 Å². The number of nitrogens with two attached hydrogens (primary N) is 1. The van der Waals surface area contributed by atoms with Gasteiger partial charge in [-0.1, -0.05) is 6.07 Å². The number of benzene rings is 1. The summed E-state index contributed by atoms with van der Waals surface area (Å²) in [6.45, 7) is 4.55. The second kappa shape index (κ2) is 4.68. The molecule has 3 aromatic rings. The maximum atomic E-state index is 5.87. The van der Waals surface area contributed by atoms with Gasteiger partial charge < -0.3 is 10.5 Å². The van der Waals surface area contributed by atoms with Gasteiger partial charge in [-0.15, -0.1) is 11.3 Å². The average Bonchev–Trinajstić information content (AvgIpc) is 2.94. The van der Waals surface area contributed by atoms with E-state index in [-0.39, 0.29) is 0 Å². The molecule has 0 aliphatic carbocycles. The molecule has 98 valence electrons. The van der Waals surface area contributed by atoms with E-state index in [0.29, 0.717) is 12.4 Å². The Bertz CT molecular complexity index is 729. The summed E-state index contributed by atoms with van der Waals surface area (Å²) in [6, 6.07) is 6.02. The Hall–Kier alpha value is -1.85. The molecule has 0 fully saturated rings. The van der Waals surface area contributed by atoms with Gasteiger partial charge in [-0.25, -0.2) is 0 Å². The molecule has 2 N–H and O–H groups in total. The van der Waals surface area contributed by atoms with Gasteiger partial charge in [0.15, 0.2) is 4.96 Å². The molecule has 0 aliphatic rings. The Morgan fingerprint density at radius 2 is 2.16 bits per heavy atom. The molecular weight excluding hydrogens is 258 g/mol. The largest absolute Gasteiger partial charge is 0.437 e. The van der Waals surface area contributed by atoms with Crippen molar-refractivity contribution in [2.45, 2.75) is 20.4 Å². The molecule has 2 aromatic heterocycles. The normalized spacial score (nSPS) is 11.1. The number of fused-ring (bicyclic) bond motifs is 1. The van der Waals surface area contributed by atoms with Gasteiger partial charge in [-0.3, -0.25) is 4.40 Å². The lowest BCUT2D eigenvalue weighted by atomic mass is 10.1. The maximum Gasteiger partial charge on any atom is 0.243 e. The van der Waals surface area contributed by atoms with Gasteiger partial charge in [0, 0.05) is 18.1 Å². The van der Waals surface area contributed by atoms with Gasteiger partial charge in [0.05, 0.1) is 0 Å². The third kappa shape index (κ3) is 2.11. The third-order valence-corrected chi connectivity index (χ3v) is 3.97. The molecule has 0 atom stereocenters. The maximum absolute atomic E-state index is 5.87. The summed E-state index contributed by atoms with van der Waals surface area (Å²) in [7, 11) is 0. The van der Waals surface area contributed by atoms with Gasteiger partial charge in [0.25, 0.3) is 0 Å². The Morgan fingerprint density at radius 3 is 2.89 bits per heavy atom. The number of rotatable bonds is 3. The van der Waals surface area contributed by atoms with E-state index in [0.717, 1.165) is 16.4 Å². The number of nitrogens with zero attached hydrogens (tertiary/aromatic N) is 2. The van der Waals surface area contributed by atoms with E-state index in [1.54, 1.807) is 11.3 Å². The van der Waals surface area contributed by atoms with Gasteiger partial charge in [0.1, 0.15) is 11.4 Å². The standard InChI is InChI=1S/C14H15N3OS/c1-9-3-4-11(7-10(9)2)18-13-12(8-15)17-5-6-19-14(17)16-13/h3-7H,8,15H2,1-2H3. The first-order chi connectivity index (χ1) is 9.19. The van der Waals surface area contributed by atoms with Crippen molar-refractivity contribution in [2.75, 3.05) is 0 Å². The Kier molecular flexibility index (Phi) is 3.00. The summed E-state index contributed by atoms with van der Waals surface area (Å²) in [5.74, 6) is 1.39. The topological polar surface area (TPSA) is 52.5 Å². The van der Waals surface area contributed by atoms with E-state index >= 15 is 0 Å². The molecule has 0 spiro atoms. The quantitative estimate of drug-likeness (QED) is 0.797. The summed E-state index contributed by atoms with van der Waals surface area (Å²) in [4.78, 5) is 5.37. The lowest BCUT2D eigenvalue weighted by molar-refractivity contribution is 0.459. The van der Waals surface area contributed by atoms with Crippen LogP contribution in [-0.4, -0.2) is 9.38 Å². The van der Waals surface area contributed by atoms with Gasteiger partial charge in [0.2, 0.25) is 5.88 Å². The Morgan fingerprint density at radius 1 is 1.32 bits per heavy atom. The van der Waals surface area contributed by atoms with Gasteiger partial charge in [-0.2, -0.15) is 4.98 Å². The number of thiazole rings is 1. The number of hydrogen-bond acceptors (Lipinski definition) is 4. The smallest absolute Gasteiger partial charge is 0.243 e. The number of aromatic nitrogens is 2. The van der Waals surface area contributed by atoms with Crippen molar-refractivity contribution in [1.82, 2.24) is 9.38 Å². The second-order valence-corrected chi connectivity index (χ2v) is 5.34. The molecule has 0 unspecified atom stereocenters. The first kappa shape index (κ1) is 12.2. The monoisotopic (exact) mass is 273 g/mol. The molecule has 0 radical (unpaired) electrons. The van der Waals surface area contributed by atoms with E-state index in [1.165, 1.54) is 11.1 Å². The predicted octanol–water partition coefficient (Wildman–Crippen LogP) is 3.26. The molecule has 19 heavy (non-hydrogen) atoms. The molecular formula is C14H15N3OS. The van der Waals surface area contributed by atoms with E-state index in [4.69, 9.17) is 10.5 Å². The summed E-state index contributed by atoms with van der Waals surface area (Å²) >= 11 is 1.57. The van der Waals surface area contributed by atoms with Crippen LogP contribution in [0.15, 0.2) is 29.8 Å². The lowest BCUT2D eigenvalue weighted by Gasteiger charge is -2.07. The first-order valence-electron chi connectivity index (χ1n) is 6.08. The zero-order valence-electron chi connectivity index (χ0n) is 10.9. The predicted molar refractivity (Wildman–Crippen MR) is 77.0 cm³/mol. The van der Waals surface area contributed by atoms with Crippen LogP contribution in [0, 0.1) is 13.8 Å². The fourth-order valence-corrected chi connectivity index (χ4v) is 2.69. The SMILES string of the molecule is Cc1ccc(Oc2nc3sccn3c2CN)cc1C. The van der Waals surface area contributed by atoms with E-state index in [1.807, 2.05) is 34.2 Å². The Labute approximate surface area is 115 Å². The highest BCUT2D eigenvalue weighted by Gasteiger charge is 2.13. The molecule has 2 heterocycles. The summed E-state index contributed by atoms with van der Waals surface area (Å²) in [5, 5.41) is 1.99. The highest BCUT2D eigenvalue weighted by molar-refractivity contribution is 7.15. The van der Waals surface area contributed by atoms with Crippen LogP contribution in [0.4, 0.5) is 0 Å². The molecule has 3 rings (SSSR count). The summed E-state index contributed by atoms with van der Waals surface area (Å²) in [5.41, 5.74) is 9.14. The molecule has 4 nitrogen and oxygen atoms in total. The molecule has 0 aliphatic heterocycles. The van der Waals surface area contributed by atoms with Crippen molar-refractivity contribution >= 4 is 16.3 Å². The minimum atomic E-state index is 0.401. The minimum absolute atomic E-state index is 0.401. The molecule has 0 bridgehead atoms. The van der Waals surface area contributed by atoms with Crippen LogP contribution in [0.5, 0.6) is 11.6 Å². The van der Waals surface area contributed by atoms with Crippen LogP contribution in [0.3, 0.4) is 0 Å². The number of aryl methyl sites for hydroxylation is 2. The molecule has 1 aromatic carbocycles. The van der Waals surface area contributed by atoms with Crippen molar-refractivity contribution in [3.8, 4) is 11.6 Å². The summed E-state index contributed by atoms with van der Waals surface area (Å²) < 4.78 is 7.85. The van der Waals surface area contributed by atoms with Crippen LogP contribution in [0.1, 0.15) is 16.8 Å². The molecule has 0 saturated heterocycles. The highest BCUT2D eigenvalue weighted by Crippen LogP contribution is 2.28. The van der Waals surface area contributed by atoms with Crippen LogP contribution in [-0.2, 0) is 6.54 Å². The Balaban J connectivity index is 2.00. The third-order valence-electron chi connectivity index (χ3n) is 3.21. The van der Waals surface area contributed by atoms with Crippen molar-refractivity contribution in [1.29, 1.82) is 0 Å². The van der Waals surface area contributed by atoms with Crippen LogP contribution in [0.2, 0.25) is 0 Å². The van der Waals surface area contributed by atoms with Crippen LogP contribution >= 0.6 is 11.3 Å². The highest BCUT2D eigenvalue weighted by atomic mass is 32.1. The number of ether oxygens (including phenoxy) is 1. The van der Waals surface area contributed by atoms with Crippen LogP contribution in [0.25, 0.3) is 4.96 Å². The van der Waals surface area contributed by atoms with E-state index in [2.05, 4.69) is 18.8 Å². The van der Waals surface area contributed by atoms with Gasteiger partial charge >= 0.3 is 0 Å². The summed E-state index contributed by atoms with van der Waals surface area (Å²) in [6.07, 6.45) is 1.96. The van der Waals surface area contributed by atoms with E-state index in [9.17, 15) is 0 Å². The zero-order chi connectivity index (χ0) is 13.4. The zero-order valence-corrected chi connectivity index (χ0v) is 11.7. The average molecular weight is 273 g/mol. The minimum Gasteiger partial charge on any atom is -0.437 e. The van der Waals surface area contributed by atoms with Crippen LogP contribution < -0.4 is 10.5 Å². The molecule has 5 heteroatoms. The molecule has 0 amide bonds.